The number of fused-ring (bicyclic) bond motifs is 5. The fraction of sp³-hybridized carbons (Fsp3) is 0.458. The van der Waals surface area contributed by atoms with Crippen molar-refractivity contribution in [3.05, 3.63) is 71.8 Å². The number of likely N-dealkylation sites (tertiary alicyclic amines) is 1. The third-order valence-electron chi connectivity index (χ3n) is 7.08. The molecule has 2 aromatic carbocycles. The van der Waals surface area contributed by atoms with Crippen LogP contribution in [0.4, 0.5) is 0 Å². The largest absolute Gasteiger partial charge is 1.00 e. The number of carbonyl (C=O) groups is 1. The topological polar surface area (TPSA) is 29.5 Å². The lowest BCUT2D eigenvalue weighted by Gasteiger charge is -2.23. The number of carbonyl (C=O) groups excluding carboxylic acids is 1. The Morgan fingerprint density at radius 2 is 1.43 bits per heavy atom. The summed E-state index contributed by atoms with van der Waals surface area (Å²) in [5.74, 6) is 2.42. The van der Waals surface area contributed by atoms with Crippen LogP contribution in [0.15, 0.2) is 60.7 Å². The molecule has 3 fully saturated rings. The lowest BCUT2D eigenvalue weighted by atomic mass is 9.82. The van der Waals surface area contributed by atoms with E-state index in [-0.39, 0.29) is 24.5 Å². The second-order valence-corrected chi connectivity index (χ2v) is 8.46. The molecule has 28 heavy (non-hydrogen) atoms. The van der Waals surface area contributed by atoms with Crippen LogP contribution >= 0.6 is 0 Å². The quantitative estimate of drug-likeness (QED) is 0.707. The molecule has 1 heterocycles. The molecule has 4 unspecified atom stereocenters. The maximum Gasteiger partial charge on any atom is 0.338 e. The van der Waals surface area contributed by atoms with Crippen molar-refractivity contribution in [2.45, 2.75) is 25.4 Å². The van der Waals surface area contributed by atoms with Crippen LogP contribution in [0.2, 0.25) is 0 Å². The highest BCUT2D eigenvalue weighted by Gasteiger charge is 2.58. The van der Waals surface area contributed by atoms with Gasteiger partial charge in [-0.05, 0) is 48.8 Å². The maximum atomic E-state index is 12.5. The van der Waals surface area contributed by atoms with Gasteiger partial charge in [-0.15, -0.1) is 0 Å². The standard InChI is InChI=1S/C24H27NO2.ClH/c26-24(18-9-5-2-6-10-18)27-23-19-11-12-20(23)22-16-25(15-21(19)22)14-13-17-7-3-1-4-8-17;/h1-10,19-23H,11-16H2;1H/p-1. The first-order valence-corrected chi connectivity index (χ1v) is 10.3. The number of rotatable bonds is 5. The van der Waals surface area contributed by atoms with Gasteiger partial charge in [-0.1, -0.05) is 48.5 Å². The number of halogens is 1. The second kappa shape index (κ2) is 8.26. The molecule has 3 nitrogen and oxygen atoms in total. The minimum atomic E-state index is -0.140. The summed E-state index contributed by atoms with van der Waals surface area (Å²) >= 11 is 0. The summed E-state index contributed by atoms with van der Waals surface area (Å²) in [6.45, 7) is 3.50. The van der Waals surface area contributed by atoms with Gasteiger partial charge in [0.25, 0.3) is 0 Å². The van der Waals surface area contributed by atoms with E-state index in [9.17, 15) is 4.79 Å². The van der Waals surface area contributed by atoms with E-state index in [0.29, 0.717) is 29.2 Å². The fourth-order valence-electron chi connectivity index (χ4n) is 5.85. The molecule has 0 aromatic heterocycles. The SMILES string of the molecule is O=C(OC1C2CCC1C1CN(CCc3ccccc3)CC12)c1ccccc1.[Cl-]. The smallest absolute Gasteiger partial charge is 0.338 e. The van der Waals surface area contributed by atoms with Gasteiger partial charge in [0.2, 0.25) is 0 Å². The molecule has 148 valence electrons. The van der Waals surface area contributed by atoms with Crippen molar-refractivity contribution >= 4 is 5.97 Å². The summed E-state index contributed by atoms with van der Waals surface area (Å²) < 4.78 is 6.03. The average Bonchev–Trinajstić information content (AvgIpc) is 3.38. The van der Waals surface area contributed by atoms with Crippen molar-refractivity contribution in [2.75, 3.05) is 19.6 Å². The molecule has 2 aliphatic carbocycles. The van der Waals surface area contributed by atoms with Crippen molar-refractivity contribution < 1.29 is 21.9 Å². The predicted octanol–water partition coefficient (Wildman–Crippen LogP) is 1.05. The van der Waals surface area contributed by atoms with E-state index in [4.69, 9.17) is 4.74 Å². The zero-order chi connectivity index (χ0) is 18.2. The predicted molar refractivity (Wildman–Crippen MR) is 105 cm³/mol. The Kier molecular flexibility index (Phi) is 5.75. The summed E-state index contributed by atoms with van der Waals surface area (Å²) in [6, 6.07) is 20.2. The van der Waals surface area contributed by atoms with Crippen LogP contribution in [-0.4, -0.2) is 36.6 Å². The Morgan fingerprint density at radius 3 is 2.04 bits per heavy atom. The van der Waals surface area contributed by atoms with Gasteiger partial charge in [0, 0.05) is 31.5 Å². The average molecular weight is 397 g/mol. The lowest BCUT2D eigenvalue weighted by Crippen LogP contribution is -3.00. The van der Waals surface area contributed by atoms with Crippen LogP contribution < -0.4 is 12.4 Å². The molecular formula is C24H27ClNO2-. The molecule has 1 aliphatic heterocycles. The maximum absolute atomic E-state index is 12.5. The monoisotopic (exact) mass is 396 g/mol. The molecule has 2 aromatic rings. The zero-order valence-corrected chi connectivity index (χ0v) is 16.8. The molecular weight excluding hydrogens is 370 g/mol. The molecule has 4 heteroatoms. The first kappa shape index (κ1) is 19.5. The van der Waals surface area contributed by atoms with Crippen molar-refractivity contribution in [3.8, 4) is 0 Å². The van der Waals surface area contributed by atoms with Gasteiger partial charge in [-0.3, -0.25) is 0 Å². The van der Waals surface area contributed by atoms with E-state index >= 15 is 0 Å². The molecule has 2 bridgehead atoms. The highest BCUT2D eigenvalue weighted by molar-refractivity contribution is 5.89. The van der Waals surface area contributed by atoms with E-state index < -0.39 is 0 Å². The lowest BCUT2D eigenvalue weighted by molar-refractivity contribution is -0.0000647. The molecule has 0 radical (unpaired) electrons. The number of benzene rings is 2. The molecule has 3 aliphatic rings. The molecule has 0 amide bonds. The van der Waals surface area contributed by atoms with Gasteiger partial charge in [0.15, 0.2) is 0 Å². The van der Waals surface area contributed by atoms with E-state index in [1.807, 2.05) is 30.3 Å². The van der Waals surface area contributed by atoms with Crippen LogP contribution in [0.5, 0.6) is 0 Å². The fourth-order valence-corrected chi connectivity index (χ4v) is 5.85. The summed E-state index contributed by atoms with van der Waals surface area (Å²) in [5, 5.41) is 0. The zero-order valence-electron chi connectivity index (χ0n) is 16.0. The van der Waals surface area contributed by atoms with Gasteiger partial charge >= 0.3 is 5.97 Å². The molecule has 2 saturated carbocycles. The second-order valence-electron chi connectivity index (χ2n) is 8.46. The minimum absolute atomic E-state index is 0. The van der Waals surface area contributed by atoms with E-state index in [1.165, 1.54) is 31.5 Å². The Labute approximate surface area is 173 Å². The summed E-state index contributed by atoms with van der Waals surface area (Å²) in [5.41, 5.74) is 2.10. The summed E-state index contributed by atoms with van der Waals surface area (Å²) in [4.78, 5) is 15.2. The number of ether oxygens (including phenoxy) is 1. The first-order valence-electron chi connectivity index (χ1n) is 10.3. The number of esters is 1. The minimum Gasteiger partial charge on any atom is -1.00 e. The van der Waals surface area contributed by atoms with E-state index in [0.717, 1.165) is 13.0 Å². The molecule has 0 N–H and O–H groups in total. The Bertz CT molecular complexity index is 777. The van der Waals surface area contributed by atoms with Crippen LogP contribution in [0.3, 0.4) is 0 Å². The number of hydrogen-bond donors (Lipinski definition) is 0. The Morgan fingerprint density at radius 1 is 0.857 bits per heavy atom. The Hall–Kier alpha value is -1.84. The van der Waals surface area contributed by atoms with Gasteiger partial charge in [0.05, 0.1) is 5.56 Å². The van der Waals surface area contributed by atoms with Gasteiger partial charge in [-0.2, -0.15) is 0 Å². The molecule has 5 rings (SSSR count). The van der Waals surface area contributed by atoms with Crippen LogP contribution in [0, 0.1) is 23.7 Å². The van der Waals surface area contributed by atoms with E-state index in [1.54, 1.807) is 0 Å². The normalized spacial score (nSPS) is 30.6. The van der Waals surface area contributed by atoms with E-state index in [2.05, 4.69) is 35.2 Å². The van der Waals surface area contributed by atoms with Gasteiger partial charge in [-0.25, -0.2) is 4.79 Å². The van der Waals surface area contributed by atoms with Gasteiger partial charge < -0.3 is 22.0 Å². The van der Waals surface area contributed by atoms with Crippen LogP contribution in [0.1, 0.15) is 28.8 Å². The van der Waals surface area contributed by atoms with Crippen LogP contribution in [-0.2, 0) is 11.2 Å². The van der Waals surface area contributed by atoms with Crippen molar-refractivity contribution in [1.29, 1.82) is 0 Å². The summed E-state index contributed by atoms with van der Waals surface area (Å²) in [7, 11) is 0. The third-order valence-corrected chi connectivity index (χ3v) is 7.08. The highest BCUT2D eigenvalue weighted by atomic mass is 35.5. The number of hydrogen-bond acceptors (Lipinski definition) is 3. The molecule has 4 atom stereocenters. The Balaban J connectivity index is 0.00000192. The number of nitrogens with zero attached hydrogens (tertiary/aromatic N) is 1. The first-order chi connectivity index (χ1) is 13.3. The molecule has 1 saturated heterocycles. The molecule has 0 spiro atoms. The van der Waals surface area contributed by atoms with Crippen molar-refractivity contribution in [3.63, 3.8) is 0 Å². The highest BCUT2D eigenvalue weighted by Crippen LogP contribution is 2.56. The summed E-state index contributed by atoms with van der Waals surface area (Å²) in [6.07, 6.45) is 3.72. The van der Waals surface area contributed by atoms with Crippen LogP contribution in [0.25, 0.3) is 0 Å². The third kappa shape index (κ3) is 3.58. The van der Waals surface area contributed by atoms with Crippen molar-refractivity contribution in [1.82, 2.24) is 4.90 Å². The van der Waals surface area contributed by atoms with Crippen molar-refractivity contribution in [2.24, 2.45) is 23.7 Å². The van der Waals surface area contributed by atoms with Gasteiger partial charge in [0.1, 0.15) is 6.10 Å².